The van der Waals surface area contributed by atoms with Crippen LogP contribution in [0.4, 0.5) is 0 Å². The lowest BCUT2D eigenvalue weighted by Crippen LogP contribution is -2.62. The summed E-state index contributed by atoms with van der Waals surface area (Å²) in [7, 11) is 0. The molecule has 0 aliphatic rings. The van der Waals surface area contributed by atoms with Gasteiger partial charge in [-0.15, -0.1) is 0 Å². The Bertz CT molecular complexity index is 4670. The Labute approximate surface area is 786 Å². The summed E-state index contributed by atoms with van der Waals surface area (Å²) in [5.41, 5.74) is 36.4. The molecule has 0 bridgehead atoms. The highest BCUT2D eigenvalue weighted by Gasteiger charge is 2.41. The maximum absolute atomic E-state index is 15.0. The van der Waals surface area contributed by atoms with E-state index in [1.807, 2.05) is 0 Å². The number of unbranched alkanes of at least 4 members (excludes halogenated alkanes) is 2. The number of aromatic amines is 2. The van der Waals surface area contributed by atoms with Crippen molar-refractivity contribution in [3.05, 3.63) is 90.1 Å². The number of aliphatic carboxylic acids is 3. The van der Waals surface area contributed by atoms with Crippen LogP contribution in [0.3, 0.4) is 0 Å². The molecule has 746 valence electrons. The summed E-state index contributed by atoms with van der Waals surface area (Å²) in [6, 6.07) is -8.87. The van der Waals surface area contributed by atoms with E-state index in [1.165, 1.54) is 26.4 Å². The van der Waals surface area contributed by atoms with Crippen LogP contribution < -0.4 is 114 Å². The summed E-state index contributed by atoms with van der Waals surface area (Å²) in [6.07, 6.45) is -0.724. The molecular formula is C87H135N25O22S. The Balaban J connectivity index is 1.66. The summed E-state index contributed by atoms with van der Waals surface area (Å²) < 4.78 is 0. The minimum atomic E-state index is -2.10. The summed E-state index contributed by atoms with van der Waals surface area (Å²) in [5, 5.41) is 75.9. The van der Waals surface area contributed by atoms with E-state index in [9.17, 15) is 106 Å². The lowest BCUT2D eigenvalue weighted by Gasteiger charge is -2.29. The van der Waals surface area contributed by atoms with Crippen molar-refractivity contribution >= 4 is 142 Å². The second kappa shape index (κ2) is 58.6. The van der Waals surface area contributed by atoms with Gasteiger partial charge in [0.25, 0.3) is 0 Å². The number of nitrogens with one attached hydrogen (secondary N) is 18. The number of guanidine groups is 1. The van der Waals surface area contributed by atoms with E-state index in [1.54, 1.807) is 102 Å². The predicted molar refractivity (Wildman–Crippen MR) is 496 cm³/mol. The highest BCUT2D eigenvalue weighted by molar-refractivity contribution is 7.80. The predicted octanol–water partition coefficient (Wildman–Crippen LogP) is -4.55. The lowest BCUT2D eigenvalue weighted by molar-refractivity contribution is -0.142. The van der Waals surface area contributed by atoms with E-state index in [0.717, 1.165) is 0 Å². The molecule has 4 rings (SSSR count). The van der Waals surface area contributed by atoms with Gasteiger partial charge in [-0.2, -0.15) is 12.6 Å². The van der Waals surface area contributed by atoms with Crippen LogP contribution in [-0.4, -0.2) is 265 Å². The first-order valence-electron chi connectivity index (χ1n) is 44.7. The molecule has 48 heteroatoms. The molecule has 135 heavy (non-hydrogen) atoms. The molecule has 0 fully saturated rings. The average Bonchev–Trinajstić information content (AvgIpc) is 1.66. The van der Waals surface area contributed by atoms with Gasteiger partial charge in [0.2, 0.25) is 94.5 Å². The third-order valence-electron chi connectivity index (χ3n) is 21.4. The third kappa shape index (κ3) is 41.3. The molecule has 47 nitrogen and oxygen atoms in total. The highest BCUT2D eigenvalue weighted by atomic mass is 32.1. The molecule has 0 unspecified atom stereocenters. The number of para-hydroxylation sites is 1. The van der Waals surface area contributed by atoms with Gasteiger partial charge >= 0.3 is 17.9 Å². The van der Waals surface area contributed by atoms with Gasteiger partial charge in [-0.1, -0.05) is 104 Å². The van der Waals surface area contributed by atoms with Gasteiger partial charge in [0.15, 0.2) is 5.96 Å². The van der Waals surface area contributed by atoms with Crippen LogP contribution in [0.1, 0.15) is 175 Å². The Hall–Kier alpha value is -13.4. The van der Waals surface area contributed by atoms with Crippen LogP contribution in [-0.2, 0) is 110 Å². The van der Waals surface area contributed by atoms with E-state index < -0.39 is 272 Å². The number of amides is 16. The van der Waals surface area contributed by atoms with E-state index >= 15 is 0 Å². The summed E-state index contributed by atoms with van der Waals surface area (Å²) >= 11 is 3.99. The first-order chi connectivity index (χ1) is 63.7. The number of hydrogen-bond donors (Lipinski definition) is 28. The molecule has 33 N–H and O–H groups in total. The van der Waals surface area contributed by atoms with Crippen LogP contribution in [0.2, 0.25) is 0 Å². The zero-order valence-electron chi connectivity index (χ0n) is 77.1. The van der Waals surface area contributed by atoms with Crippen molar-refractivity contribution in [3.63, 3.8) is 0 Å². The maximum Gasteiger partial charge on any atom is 0.327 e. The first-order valence-corrected chi connectivity index (χ1v) is 45.3. The minimum Gasteiger partial charge on any atom is -0.481 e. The SMILES string of the molecule is CC(C)C[C@H](NC(=O)[C@H](CCCCN)NC(=O)[C@H](CCCCN)NC(=O)[C@H](CCCNC(=N)N)NC(=O)[C@H](CC(C)C)NC(=O)[C@H](Cc1c[nH]c2ccccc12)NC(=O)[C@H](CCC(=O)O)NC(=O)[C@@H](N)C(C)C)C(=O)N[C@@H](CCC(N)=O)C(=O)N[C@@H](CC(=O)O)C(=O)N[C@H](C(=O)N[C@@H](Cc1c[nH]cn1)C(=O)N[C@@H](CC(N)=O)C(=O)N[C@@H](Cc1ccccc1)C(=O)N[C@@H](CS)C(=O)O)C(C)C. The standard InChI is InChI=1S/C87H135N25O22S/c1-44(2)33-58(78(125)102-56(26-28-66(90)113)75(122)109-64(39-69(117)118)83(130)112-71(47(7)8)85(132)110-62(37-50-41-95-43-98-50)81(128)108-63(38-67(91)114)82(129)106-60(35-48-19-10-9-11-20-48)79(126)111-65(42-135)86(133)134)104-74(121)54(24-15-17-31-89)100-72(119)53(23-14-16-30-88)99-73(120)55(25-18-32-96-87(93)94)101-77(124)59(34-45(3)4)105-80(127)61(36-49-40-97-52-22-13-12-21-51(49)52)107-76(123)57(27-29-68(115)116)103-84(131)70(92)46(5)6/h9-13,19-22,40-41,43-47,53-65,70-71,97,135H,14-18,23-39,42,88-89,92H2,1-8H3,(H2,90,113)(H2,91,114)(H,95,98)(H,99,120)(H,100,119)(H,101,124)(H,102,125)(H,103,131)(H,104,121)(H,105,127)(H,106,129)(H,107,123)(H,108,128)(H,109,122)(H,110,132)(H,111,126)(H,112,130)(H,115,116)(H,117,118)(H,133,134)(H4,93,94,96)/t53-,54-,55-,56-,57-,58-,59-,60-,61-,62-,63-,64-,65-,70-,71-/m0/s1. The number of nitrogens with zero attached hydrogens (tertiary/aromatic N) is 1. The second-order valence-corrected chi connectivity index (χ2v) is 34.7. The number of H-pyrrole nitrogens is 2. The number of carboxylic acid groups (broad SMARTS) is 3. The molecule has 16 amide bonds. The van der Waals surface area contributed by atoms with Gasteiger partial charge in [0.1, 0.15) is 84.6 Å². The number of carbonyl (C=O) groups is 19. The maximum atomic E-state index is 15.0. The zero-order valence-corrected chi connectivity index (χ0v) is 78.0. The van der Waals surface area contributed by atoms with Crippen molar-refractivity contribution in [1.82, 2.24) is 94.7 Å². The number of rotatable bonds is 64. The summed E-state index contributed by atoms with van der Waals surface area (Å²) in [6.45, 7) is 13.3. The molecule has 4 aromatic rings. The second-order valence-electron chi connectivity index (χ2n) is 34.4. The summed E-state index contributed by atoms with van der Waals surface area (Å²) in [5.74, 6) is -24.0. The van der Waals surface area contributed by atoms with E-state index in [4.69, 9.17) is 39.8 Å². The number of nitrogens with two attached hydrogens (primary N) is 6. The normalized spacial score (nSPS) is 14.6. The zero-order chi connectivity index (χ0) is 101. The molecule has 0 aliphatic heterocycles. The number of carboxylic acids is 3. The Morgan fingerprint density at radius 2 is 0.807 bits per heavy atom. The summed E-state index contributed by atoms with van der Waals surface area (Å²) in [4.78, 5) is 274. The Morgan fingerprint density at radius 3 is 1.24 bits per heavy atom. The fourth-order valence-corrected chi connectivity index (χ4v) is 14.3. The Morgan fingerprint density at radius 1 is 0.407 bits per heavy atom. The van der Waals surface area contributed by atoms with Crippen LogP contribution in [0, 0.1) is 29.1 Å². The van der Waals surface area contributed by atoms with Crippen LogP contribution in [0.5, 0.6) is 0 Å². The highest BCUT2D eigenvalue weighted by Crippen LogP contribution is 2.22. The van der Waals surface area contributed by atoms with Gasteiger partial charge in [-0.3, -0.25) is 91.7 Å². The number of imidazole rings is 1. The molecule has 0 saturated carbocycles. The van der Waals surface area contributed by atoms with Gasteiger partial charge < -0.3 is 139 Å². The average molecular weight is 1920 g/mol. The van der Waals surface area contributed by atoms with Crippen molar-refractivity contribution in [2.24, 2.45) is 58.1 Å². The number of carbonyl (C=O) groups excluding carboxylic acids is 16. The van der Waals surface area contributed by atoms with Crippen molar-refractivity contribution in [2.75, 3.05) is 25.4 Å². The van der Waals surface area contributed by atoms with Crippen LogP contribution in [0.25, 0.3) is 10.9 Å². The Kier molecular flexibility index (Phi) is 49.5. The van der Waals surface area contributed by atoms with E-state index in [0.29, 0.717) is 34.9 Å². The smallest absolute Gasteiger partial charge is 0.327 e. The number of thiol groups is 1. The molecule has 15 atom stereocenters. The van der Waals surface area contributed by atoms with E-state index in [2.05, 4.69) is 107 Å². The number of fused-ring (bicyclic) bond motifs is 1. The minimum absolute atomic E-state index is 0.00677. The molecule has 2 aromatic carbocycles. The number of hydrogen-bond acceptors (Lipinski definition) is 25. The molecule has 0 spiro atoms. The molecule has 0 saturated heterocycles. The van der Waals surface area contributed by atoms with Crippen molar-refractivity contribution in [3.8, 4) is 0 Å². The molecule has 0 radical (unpaired) electrons. The van der Waals surface area contributed by atoms with Gasteiger partial charge in [0.05, 0.1) is 30.9 Å². The molecule has 0 aliphatic carbocycles. The molecule has 2 heterocycles. The third-order valence-corrected chi connectivity index (χ3v) is 21.8. The fraction of sp³-hybridized carbons (Fsp3) is 0.575. The first kappa shape index (κ1) is 114. The lowest BCUT2D eigenvalue weighted by atomic mass is 9.99. The largest absolute Gasteiger partial charge is 0.481 e. The monoisotopic (exact) mass is 1910 g/mol. The number of benzene rings is 2. The van der Waals surface area contributed by atoms with Gasteiger partial charge in [0, 0.05) is 67.7 Å². The number of primary amides is 2. The van der Waals surface area contributed by atoms with Gasteiger partial charge in [-0.25, -0.2) is 9.78 Å². The topological polar surface area (TPSA) is 790 Å². The van der Waals surface area contributed by atoms with Crippen molar-refractivity contribution in [1.29, 1.82) is 5.41 Å². The van der Waals surface area contributed by atoms with Crippen LogP contribution in [0.15, 0.2) is 73.3 Å². The number of aromatic nitrogens is 3. The van der Waals surface area contributed by atoms with Crippen LogP contribution >= 0.6 is 12.6 Å². The molecule has 2 aromatic heterocycles. The van der Waals surface area contributed by atoms with Crippen molar-refractivity contribution in [2.45, 2.75) is 268 Å². The molecular weight excluding hydrogens is 1780 g/mol. The quantitative estimate of drug-likeness (QED) is 0.00857. The van der Waals surface area contributed by atoms with Crippen molar-refractivity contribution < 1.29 is 106 Å². The van der Waals surface area contributed by atoms with E-state index in [-0.39, 0.29) is 101 Å². The van der Waals surface area contributed by atoms with Gasteiger partial charge in [-0.05, 0) is 131 Å². The fourth-order valence-electron chi connectivity index (χ4n) is 14.0.